The topological polar surface area (TPSA) is 70.8 Å². The molecule has 5 heteroatoms. The van der Waals surface area contributed by atoms with Gasteiger partial charge in [-0.05, 0) is 43.9 Å². The van der Waals surface area contributed by atoms with Gasteiger partial charge in [-0.15, -0.1) is 0 Å². The van der Waals surface area contributed by atoms with Crippen molar-refractivity contribution in [3.63, 3.8) is 0 Å². The molecule has 134 valence electrons. The van der Waals surface area contributed by atoms with Crippen molar-refractivity contribution < 1.29 is 19.1 Å². The van der Waals surface area contributed by atoms with E-state index in [0.717, 1.165) is 12.2 Å². The van der Waals surface area contributed by atoms with E-state index in [2.05, 4.69) is 24.3 Å². The number of nitrogens with zero attached hydrogens (tertiary/aromatic N) is 1. The van der Waals surface area contributed by atoms with Gasteiger partial charge < -0.3 is 14.4 Å². The van der Waals surface area contributed by atoms with Crippen molar-refractivity contribution in [2.24, 2.45) is 0 Å². The predicted octanol–water partition coefficient (Wildman–Crippen LogP) is 3.80. The second-order valence-corrected chi connectivity index (χ2v) is 6.23. The van der Waals surface area contributed by atoms with Gasteiger partial charge >= 0.3 is 5.97 Å². The number of carboxylic acid groups (broad SMARTS) is 1. The Balaban J connectivity index is 1.90. The lowest BCUT2D eigenvalue weighted by atomic mass is 10.1. The molecule has 0 spiro atoms. The Labute approximate surface area is 148 Å². The van der Waals surface area contributed by atoms with Crippen LogP contribution >= 0.6 is 0 Å². The van der Waals surface area contributed by atoms with Crippen LogP contribution in [0, 0.1) is 6.92 Å². The number of aryl methyl sites for hydroxylation is 1. The molecule has 25 heavy (non-hydrogen) atoms. The standard InChI is InChI=1S/C20H25NO4/c1-16-8-10-17(11-9-16)12-13-21(15-18-5-4-14-25-18)19(22)6-2-3-7-20(23)24/h4-5,8-11,14H,2-3,6-7,12-13,15H2,1H3,(H,23,24). The van der Waals surface area contributed by atoms with Gasteiger partial charge in [-0.1, -0.05) is 29.8 Å². The summed E-state index contributed by atoms with van der Waals surface area (Å²) in [6.45, 7) is 3.10. The minimum Gasteiger partial charge on any atom is -0.481 e. The summed E-state index contributed by atoms with van der Waals surface area (Å²) in [4.78, 5) is 24.9. The SMILES string of the molecule is Cc1ccc(CCN(Cc2ccco2)C(=O)CCCCC(=O)O)cc1. The molecule has 1 N–H and O–H groups in total. The molecule has 0 atom stereocenters. The molecule has 1 heterocycles. The van der Waals surface area contributed by atoms with Crippen LogP contribution in [0.25, 0.3) is 0 Å². The smallest absolute Gasteiger partial charge is 0.303 e. The number of hydrogen-bond donors (Lipinski definition) is 1. The fourth-order valence-electron chi connectivity index (χ4n) is 2.61. The van der Waals surface area contributed by atoms with Crippen LogP contribution in [0.15, 0.2) is 47.1 Å². The Bertz CT molecular complexity index is 662. The van der Waals surface area contributed by atoms with Crippen molar-refractivity contribution in [1.82, 2.24) is 4.90 Å². The Morgan fingerprint density at radius 3 is 2.44 bits per heavy atom. The van der Waals surface area contributed by atoms with Gasteiger partial charge in [-0.3, -0.25) is 9.59 Å². The zero-order chi connectivity index (χ0) is 18.1. The molecule has 0 aliphatic rings. The fourth-order valence-corrected chi connectivity index (χ4v) is 2.61. The second-order valence-electron chi connectivity index (χ2n) is 6.23. The highest BCUT2D eigenvalue weighted by molar-refractivity contribution is 5.76. The predicted molar refractivity (Wildman–Crippen MR) is 95.1 cm³/mol. The molecule has 1 aromatic heterocycles. The minimum absolute atomic E-state index is 0.0360. The van der Waals surface area contributed by atoms with Crippen LogP contribution < -0.4 is 0 Å². The van der Waals surface area contributed by atoms with Crippen LogP contribution in [-0.2, 0) is 22.6 Å². The zero-order valence-corrected chi connectivity index (χ0v) is 14.6. The van der Waals surface area contributed by atoms with E-state index in [1.807, 2.05) is 19.1 Å². The third-order valence-corrected chi connectivity index (χ3v) is 4.10. The summed E-state index contributed by atoms with van der Waals surface area (Å²) >= 11 is 0. The molecular weight excluding hydrogens is 318 g/mol. The average Bonchev–Trinajstić information content (AvgIpc) is 3.09. The maximum Gasteiger partial charge on any atom is 0.303 e. The van der Waals surface area contributed by atoms with Gasteiger partial charge in [0, 0.05) is 19.4 Å². The second kappa shape index (κ2) is 9.67. The number of hydrogen-bond acceptors (Lipinski definition) is 3. The van der Waals surface area contributed by atoms with E-state index in [4.69, 9.17) is 9.52 Å². The number of unbranched alkanes of at least 4 members (excludes halogenated alkanes) is 1. The largest absolute Gasteiger partial charge is 0.481 e. The normalized spacial score (nSPS) is 10.6. The van der Waals surface area contributed by atoms with E-state index in [1.54, 1.807) is 11.2 Å². The zero-order valence-electron chi connectivity index (χ0n) is 14.6. The summed E-state index contributed by atoms with van der Waals surface area (Å²) < 4.78 is 5.37. The van der Waals surface area contributed by atoms with Crippen molar-refractivity contribution in [2.45, 2.75) is 45.6 Å². The van der Waals surface area contributed by atoms with Crippen molar-refractivity contribution >= 4 is 11.9 Å². The summed E-state index contributed by atoms with van der Waals surface area (Å²) in [6.07, 6.45) is 3.96. The van der Waals surface area contributed by atoms with Crippen molar-refractivity contribution in [3.8, 4) is 0 Å². The Kier molecular flexibility index (Phi) is 7.26. The fraction of sp³-hybridized carbons (Fsp3) is 0.400. The molecule has 1 amide bonds. The minimum atomic E-state index is -0.820. The Morgan fingerprint density at radius 1 is 1.08 bits per heavy atom. The molecule has 0 saturated carbocycles. The summed E-state index contributed by atoms with van der Waals surface area (Å²) in [6, 6.07) is 12.0. The Morgan fingerprint density at radius 2 is 1.80 bits per heavy atom. The number of carbonyl (C=O) groups is 2. The first kappa shape index (κ1) is 18.8. The molecule has 5 nitrogen and oxygen atoms in total. The van der Waals surface area contributed by atoms with Gasteiger partial charge in [0.25, 0.3) is 0 Å². The number of amides is 1. The van der Waals surface area contributed by atoms with Crippen LogP contribution in [0.2, 0.25) is 0 Å². The third-order valence-electron chi connectivity index (χ3n) is 4.10. The summed E-state index contributed by atoms with van der Waals surface area (Å²) in [5, 5.41) is 8.68. The first-order chi connectivity index (χ1) is 12.0. The molecule has 0 unspecified atom stereocenters. The van der Waals surface area contributed by atoms with Crippen LogP contribution in [0.1, 0.15) is 42.6 Å². The van der Waals surface area contributed by atoms with Gasteiger partial charge in [0.2, 0.25) is 5.91 Å². The molecule has 0 fully saturated rings. The molecule has 0 aliphatic carbocycles. The molecular formula is C20H25NO4. The third kappa shape index (κ3) is 6.83. The van der Waals surface area contributed by atoms with Gasteiger partial charge in [0.05, 0.1) is 12.8 Å². The molecule has 1 aromatic carbocycles. The number of benzene rings is 1. The van der Waals surface area contributed by atoms with Gasteiger partial charge in [0.15, 0.2) is 0 Å². The lowest BCUT2D eigenvalue weighted by Crippen LogP contribution is -2.32. The highest BCUT2D eigenvalue weighted by atomic mass is 16.4. The Hall–Kier alpha value is -2.56. The molecule has 0 bridgehead atoms. The summed E-state index contributed by atoms with van der Waals surface area (Å²) in [5.41, 5.74) is 2.40. The van der Waals surface area contributed by atoms with E-state index in [0.29, 0.717) is 32.4 Å². The maximum atomic E-state index is 12.5. The lowest BCUT2D eigenvalue weighted by molar-refractivity contribution is -0.137. The van der Waals surface area contributed by atoms with Crippen molar-refractivity contribution in [2.75, 3.05) is 6.54 Å². The maximum absolute atomic E-state index is 12.5. The van der Waals surface area contributed by atoms with Crippen LogP contribution in [0.3, 0.4) is 0 Å². The van der Waals surface area contributed by atoms with E-state index in [9.17, 15) is 9.59 Å². The van der Waals surface area contributed by atoms with E-state index in [-0.39, 0.29) is 12.3 Å². The van der Waals surface area contributed by atoms with Crippen LogP contribution in [-0.4, -0.2) is 28.4 Å². The first-order valence-corrected chi connectivity index (χ1v) is 8.62. The van der Waals surface area contributed by atoms with E-state index < -0.39 is 5.97 Å². The molecule has 2 rings (SSSR count). The van der Waals surface area contributed by atoms with Gasteiger partial charge in [0.1, 0.15) is 5.76 Å². The molecule has 2 aromatic rings. The summed E-state index contributed by atoms with van der Waals surface area (Å²) in [5.74, 6) is -0.0315. The van der Waals surface area contributed by atoms with Gasteiger partial charge in [-0.2, -0.15) is 0 Å². The molecule has 0 radical (unpaired) electrons. The summed E-state index contributed by atoms with van der Waals surface area (Å²) in [7, 11) is 0. The quantitative estimate of drug-likeness (QED) is 0.666. The number of furan rings is 1. The molecule has 0 aliphatic heterocycles. The van der Waals surface area contributed by atoms with Crippen LogP contribution in [0.4, 0.5) is 0 Å². The monoisotopic (exact) mass is 343 g/mol. The van der Waals surface area contributed by atoms with Crippen molar-refractivity contribution in [1.29, 1.82) is 0 Å². The van der Waals surface area contributed by atoms with Gasteiger partial charge in [-0.25, -0.2) is 0 Å². The molecule has 0 saturated heterocycles. The number of carboxylic acids is 1. The van der Waals surface area contributed by atoms with E-state index in [1.165, 1.54) is 11.1 Å². The van der Waals surface area contributed by atoms with Crippen molar-refractivity contribution in [3.05, 3.63) is 59.5 Å². The number of aliphatic carboxylic acids is 1. The number of carbonyl (C=O) groups excluding carboxylic acids is 1. The lowest BCUT2D eigenvalue weighted by Gasteiger charge is -2.22. The number of rotatable bonds is 10. The highest BCUT2D eigenvalue weighted by Crippen LogP contribution is 2.12. The average molecular weight is 343 g/mol. The highest BCUT2D eigenvalue weighted by Gasteiger charge is 2.15. The van der Waals surface area contributed by atoms with Crippen LogP contribution in [0.5, 0.6) is 0 Å². The first-order valence-electron chi connectivity index (χ1n) is 8.62. The van der Waals surface area contributed by atoms with E-state index >= 15 is 0 Å².